The van der Waals surface area contributed by atoms with Crippen LogP contribution in [0.3, 0.4) is 0 Å². The fourth-order valence-corrected chi connectivity index (χ4v) is 3.22. The van der Waals surface area contributed by atoms with Gasteiger partial charge in [-0.15, -0.1) is 0 Å². The van der Waals surface area contributed by atoms with Gasteiger partial charge in [0.25, 0.3) is 0 Å². The molecule has 1 aliphatic carbocycles. The molecule has 0 aromatic heterocycles. The highest BCUT2D eigenvalue weighted by molar-refractivity contribution is 4.95. The van der Waals surface area contributed by atoms with Gasteiger partial charge in [0.05, 0.1) is 0 Å². The van der Waals surface area contributed by atoms with E-state index >= 15 is 0 Å². The van der Waals surface area contributed by atoms with Gasteiger partial charge in [0.2, 0.25) is 0 Å². The highest BCUT2D eigenvalue weighted by atomic mass is 14.9. The summed E-state index contributed by atoms with van der Waals surface area (Å²) in [6.45, 7) is 9.78. The number of hydrogen-bond donors (Lipinski definition) is 1. The standard InChI is InChI=1S/C11H21N/c1-11(2,3)10-5-4-8-6-12-7-9(8)10/h8-10,12H,4-7H2,1-3H3. The maximum Gasteiger partial charge on any atom is -0.00144 e. The second-order valence-electron chi connectivity index (χ2n) is 5.63. The quantitative estimate of drug-likeness (QED) is 0.583. The summed E-state index contributed by atoms with van der Waals surface area (Å²) >= 11 is 0. The zero-order valence-corrected chi connectivity index (χ0v) is 8.56. The van der Waals surface area contributed by atoms with Crippen LogP contribution in [0, 0.1) is 23.2 Å². The topological polar surface area (TPSA) is 12.0 Å². The summed E-state index contributed by atoms with van der Waals surface area (Å²) in [6.07, 6.45) is 2.94. The molecule has 2 rings (SSSR count). The molecular weight excluding hydrogens is 146 g/mol. The van der Waals surface area contributed by atoms with Gasteiger partial charge in [-0.1, -0.05) is 20.8 Å². The summed E-state index contributed by atoms with van der Waals surface area (Å²) in [5, 5.41) is 3.53. The molecule has 0 amide bonds. The molecule has 1 saturated heterocycles. The van der Waals surface area contributed by atoms with Crippen molar-refractivity contribution in [2.45, 2.75) is 33.6 Å². The molecule has 1 heterocycles. The number of fused-ring (bicyclic) bond motifs is 1. The Bertz CT molecular complexity index is 168. The second kappa shape index (κ2) is 2.73. The molecule has 1 saturated carbocycles. The van der Waals surface area contributed by atoms with Crippen LogP contribution in [0.25, 0.3) is 0 Å². The Balaban J connectivity index is 2.09. The fraction of sp³-hybridized carbons (Fsp3) is 1.00. The van der Waals surface area contributed by atoms with Crippen molar-refractivity contribution in [3.05, 3.63) is 0 Å². The predicted octanol–water partition coefficient (Wildman–Crippen LogP) is 2.28. The van der Waals surface area contributed by atoms with Gasteiger partial charge in [-0.3, -0.25) is 0 Å². The number of hydrogen-bond acceptors (Lipinski definition) is 1. The van der Waals surface area contributed by atoms with Gasteiger partial charge in [-0.2, -0.15) is 0 Å². The highest BCUT2D eigenvalue weighted by Crippen LogP contribution is 2.47. The lowest BCUT2D eigenvalue weighted by molar-refractivity contribution is 0.184. The highest BCUT2D eigenvalue weighted by Gasteiger charge is 2.43. The van der Waals surface area contributed by atoms with E-state index in [9.17, 15) is 0 Å². The summed E-state index contributed by atoms with van der Waals surface area (Å²) in [4.78, 5) is 0. The van der Waals surface area contributed by atoms with Gasteiger partial charge < -0.3 is 5.32 Å². The van der Waals surface area contributed by atoms with Crippen LogP contribution in [0.5, 0.6) is 0 Å². The first kappa shape index (κ1) is 8.55. The van der Waals surface area contributed by atoms with E-state index in [0.29, 0.717) is 5.41 Å². The summed E-state index contributed by atoms with van der Waals surface area (Å²) in [6, 6.07) is 0. The first-order valence-corrected chi connectivity index (χ1v) is 5.30. The van der Waals surface area contributed by atoms with Crippen molar-refractivity contribution in [2.75, 3.05) is 13.1 Å². The molecule has 70 valence electrons. The zero-order chi connectivity index (χ0) is 8.77. The van der Waals surface area contributed by atoms with Crippen molar-refractivity contribution in [3.63, 3.8) is 0 Å². The molecule has 3 unspecified atom stereocenters. The van der Waals surface area contributed by atoms with Crippen molar-refractivity contribution < 1.29 is 0 Å². The van der Waals surface area contributed by atoms with Crippen molar-refractivity contribution in [3.8, 4) is 0 Å². The Morgan fingerprint density at radius 1 is 1.08 bits per heavy atom. The molecule has 2 aliphatic rings. The molecule has 12 heavy (non-hydrogen) atoms. The third kappa shape index (κ3) is 1.28. The maximum absolute atomic E-state index is 3.53. The van der Waals surface area contributed by atoms with E-state index in [0.717, 1.165) is 17.8 Å². The molecule has 1 nitrogen and oxygen atoms in total. The van der Waals surface area contributed by atoms with E-state index in [4.69, 9.17) is 0 Å². The SMILES string of the molecule is CC(C)(C)C1CCC2CNCC21. The van der Waals surface area contributed by atoms with Gasteiger partial charge >= 0.3 is 0 Å². The van der Waals surface area contributed by atoms with E-state index in [1.807, 2.05) is 0 Å². The van der Waals surface area contributed by atoms with E-state index in [-0.39, 0.29) is 0 Å². The molecule has 1 N–H and O–H groups in total. The minimum atomic E-state index is 0.533. The average molecular weight is 167 g/mol. The van der Waals surface area contributed by atoms with Crippen LogP contribution < -0.4 is 5.32 Å². The molecule has 0 radical (unpaired) electrons. The van der Waals surface area contributed by atoms with Gasteiger partial charge in [-0.05, 0) is 49.1 Å². The molecule has 0 spiro atoms. The molecule has 0 bridgehead atoms. The van der Waals surface area contributed by atoms with Gasteiger partial charge in [0.15, 0.2) is 0 Å². The molecule has 3 atom stereocenters. The summed E-state index contributed by atoms with van der Waals surface area (Å²) in [5.74, 6) is 2.97. The van der Waals surface area contributed by atoms with Gasteiger partial charge in [-0.25, -0.2) is 0 Å². The van der Waals surface area contributed by atoms with E-state index < -0.39 is 0 Å². The first-order chi connectivity index (χ1) is 5.59. The van der Waals surface area contributed by atoms with Crippen molar-refractivity contribution >= 4 is 0 Å². The molecule has 1 aliphatic heterocycles. The van der Waals surface area contributed by atoms with Gasteiger partial charge in [0.1, 0.15) is 0 Å². The maximum atomic E-state index is 3.53. The Labute approximate surface area is 75.9 Å². The predicted molar refractivity (Wildman–Crippen MR) is 52.0 cm³/mol. The van der Waals surface area contributed by atoms with Crippen LogP contribution in [-0.4, -0.2) is 13.1 Å². The monoisotopic (exact) mass is 167 g/mol. The Kier molecular flexibility index (Phi) is 1.95. The molecular formula is C11H21N. The summed E-state index contributed by atoms with van der Waals surface area (Å²) in [7, 11) is 0. The zero-order valence-electron chi connectivity index (χ0n) is 8.56. The van der Waals surface area contributed by atoms with Crippen molar-refractivity contribution in [2.24, 2.45) is 23.2 Å². The average Bonchev–Trinajstić information content (AvgIpc) is 2.37. The normalized spacial score (nSPS) is 41.8. The van der Waals surface area contributed by atoms with Crippen LogP contribution in [0.2, 0.25) is 0 Å². The lowest BCUT2D eigenvalue weighted by Crippen LogP contribution is -2.27. The van der Waals surface area contributed by atoms with Crippen LogP contribution in [-0.2, 0) is 0 Å². The number of nitrogens with one attached hydrogen (secondary N) is 1. The van der Waals surface area contributed by atoms with Crippen LogP contribution in [0.15, 0.2) is 0 Å². The van der Waals surface area contributed by atoms with Crippen molar-refractivity contribution in [1.82, 2.24) is 5.32 Å². The first-order valence-electron chi connectivity index (χ1n) is 5.30. The van der Waals surface area contributed by atoms with Gasteiger partial charge in [0, 0.05) is 0 Å². The lowest BCUT2D eigenvalue weighted by Gasteiger charge is -2.31. The van der Waals surface area contributed by atoms with Crippen molar-refractivity contribution in [1.29, 1.82) is 0 Å². The molecule has 2 fully saturated rings. The smallest absolute Gasteiger partial charge is 0.00144 e. The van der Waals surface area contributed by atoms with E-state index in [1.54, 1.807) is 0 Å². The molecule has 1 heteroatoms. The lowest BCUT2D eigenvalue weighted by atomic mass is 9.74. The van der Waals surface area contributed by atoms with Crippen LogP contribution in [0.1, 0.15) is 33.6 Å². The summed E-state index contributed by atoms with van der Waals surface area (Å²) < 4.78 is 0. The Morgan fingerprint density at radius 3 is 2.50 bits per heavy atom. The molecule has 0 aromatic rings. The van der Waals surface area contributed by atoms with E-state index in [1.165, 1.54) is 25.9 Å². The second-order valence-corrected chi connectivity index (χ2v) is 5.63. The Hall–Kier alpha value is -0.0400. The van der Waals surface area contributed by atoms with Crippen LogP contribution in [0.4, 0.5) is 0 Å². The summed E-state index contributed by atoms with van der Waals surface area (Å²) in [5.41, 5.74) is 0.533. The third-order valence-corrected chi connectivity index (χ3v) is 3.87. The number of rotatable bonds is 0. The largest absolute Gasteiger partial charge is 0.316 e. The van der Waals surface area contributed by atoms with Crippen LogP contribution >= 0.6 is 0 Å². The minimum absolute atomic E-state index is 0.533. The third-order valence-electron chi connectivity index (χ3n) is 3.87. The molecule has 0 aromatic carbocycles. The minimum Gasteiger partial charge on any atom is -0.316 e. The fourth-order valence-electron chi connectivity index (χ4n) is 3.22. The van der Waals surface area contributed by atoms with E-state index in [2.05, 4.69) is 26.1 Å². The Morgan fingerprint density at radius 2 is 1.83 bits per heavy atom.